The molecule has 74 valence electrons. The van der Waals surface area contributed by atoms with Gasteiger partial charge < -0.3 is 20.1 Å². The summed E-state index contributed by atoms with van der Waals surface area (Å²) in [5.41, 5.74) is 0. The molecule has 0 spiro atoms. The number of rotatable bonds is 3. The molecule has 2 N–H and O–H groups in total. The van der Waals surface area contributed by atoms with Gasteiger partial charge in [0.15, 0.2) is 0 Å². The van der Waals surface area contributed by atoms with E-state index in [2.05, 4.69) is 0 Å². The maximum Gasteiger partial charge on any atom is 1.00 e. The van der Waals surface area contributed by atoms with Gasteiger partial charge in [0.25, 0.3) is 0 Å². The number of carbonyl (C=O) groups is 3. The Kier molecular flexibility index (Phi) is 16.4. The van der Waals surface area contributed by atoms with Gasteiger partial charge >= 0.3 is 41.5 Å². The fourth-order valence-corrected chi connectivity index (χ4v) is 0.265. The van der Waals surface area contributed by atoms with Crippen LogP contribution in [0.15, 0.2) is 12.2 Å². The van der Waals surface area contributed by atoms with Crippen molar-refractivity contribution in [3.8, 4) is 0 Å². The van der Waals surface area contributed by atoms with Crippen molar-refractivity contribution in [2.24, 2.45) is 0 Å². The Morgan fingerprint density at radius 2 is 1.57 bits per heavy atom. The Balaban J connectivity index is -0.000000163. The normalized spacial score (nSPS) is 8.07. The zero-order chi connectivity index (χ0) is 10.9. The Labute approximate surface area is 103 Å². The second-order valence-corrected chi connectivity index (χ2v) is 1.78. The summed E-state index contributed by atoms with van der Waals surface area (Å²) in [4.78, 5) is 28.3. The number of allylic oxidation sites excluding steroid dienone is 1. The Bertz CT molecular complexity index is 210. The smallest absolute Gasteiger partial charge is 0.545 e. The van der Waals surface area contributed by atoms with Gasteiger partial charge in [0.1, 0.15) is 6.42 Å². The zero-order valence-electron chi connectivity index (χ0n) is 7.89. The topological polar surface area (TPSA) is 115 Å². The van der Waals surface area contributed by atoms with Crippen LogP contribution in [0.2, 0.25) is 0 Å². The van der Waals surface area contributed by atoms with Gasteiger partial charge in [0.05, 0.1) is 5.97 Å². The molecule has 0 aliphatic carbocycles. The van der Waals surface area contributed by atoms with Gasteiger partial charge in [-0.05, 0) is 13.0 Å². The molecule has 0 radical (unpaired) electrons. The predicted molar refractivity (Wildman–Crippen MR) is 39.7 cm³/mol. The molecule has 0 aromatic rings. The molecular weight excluding hydrogens is 203 g/mol. The van der Waals surface area contributed by atoms with Gasteiger partial charge in [-0.1, -0.05) is 6.08 Å². The molecule has 0 saturated carbocycles. The molecule has 0 bridgehead atoms. The van der Waals surface area contributed by atoms with Gasteiger partial charge in [0, 0.05) is 0 Å². The second-order valence-electron chi connectivity index (χ2n) is 1.78. The van der Waals surface area contributed by atoms with Gasteiger partial charge in [-0.25, -0.2) is 0 Å². The number of carbonyl (C=O) groups excluding carboxylic acids is 1. The molecule has 0 amide bonds. The zero-order valence-corrected chi connectivity index (χ0v) is 9.89. The molecule has 0 atom stereocenters. The first-order valence-corrected chi connectivity index (χ1v) is 3.17. The van der Waals surface area contributed by atoms with Crippen LogP contribution in [0.5, 0.6) is 0 Å². The van der Waals surface area contributed by atoms with Crippen LogP contribution in [0.25, 0.3) is 0 Å². The van der Waals surface area contributed by atoms with Crippen molar-refractivity contribution >= 4 is 17.9 Å². The monoisotopic (exact) mass is 212 g/mol. The van der Waals surface area contributed by atoms with Crippen LogP contribution in [-0.4, -0.2) is 28.1 Å². The van der Waals surface area contributed by atoms with Crippen molar-refractivity contribution in [1.82, 2.24) is 0 Å². The molecule has 6 nitrogen and oxygen atoms in total. The third kappa shape index (κ3) is 30.4. The molecule has 0 saturated heterocycles. The number of hydrogen-bond donors (Lipinski definition) is 2. The molecule has 0 aromatic carbocycles. The summed E-state index contributed by atoms with van der Waals surface area (Å²) >= 11 is 0. The van der Waals surface area contributed by atoms with E-state index >= 15 is 0 Å². The summed E-state index contributed by atoms with van der Waals surface area (Å²) in [6, 6.07) is 0. The molecule has 14 heavy (non-hydrogen) atoms. The minimum Gasteiger partial charge on any atom is -0.545 e. The predicted octanol–water partition coefficient (Wildman–Crippen LogP) is -4.14. The maximum atomic E-state index is 9.43. The van der Waals surface area contributed by atoms with Crippen LogP contribution in [0.1, 0.15) is 13.3 Å². The van der Waals surface area contributed by atoms with Crippen molar-refractivity contribution in [2.45, 2.75) is 13.3 Å². The quantitative estimate of drug-likeness (QED) is 0.279. The first-order chi connectivity index (χ1) is 5.90. The van der Waals surface area contributed by atoms with Gasteiger partial charge in [0.2, 0.25) is 0 Å². The fourth-order valence-electron chi connectivity index (χ4n) is 0.265. The van der Waals surface area contributed by atoms with Crippen LogP contribution in [0.3, 0.4) is 0 Å². The van der Waals surface area contributed by atoms with E-state index in [1.807, 2.05) is 0 Å². The minimum absolute atomic E-state index is 0. The second kappa shape index (κ2) is 12.2. The Morgan fingerprint density at radius 3 is 1.57 bits per heavy atom. The van der Waals surface area contributed by atoms with Crippen LogP contribution < -0.4 is 34.7 Å². The first kappa shape index (κ1) is 18.8. The molecule has 0 unspecified atom stereocenters. The summed E-state index contributed by atoms with van der Waals surface area (Å²) in [6.45, 7) is 1.62. The molecular formula is C7H9NaO6. The average molecular weight is 212 g/mol. The van der Waals surface area contributed by atoms with E-state index in [4.69, 9.17) is 10.2 Å². The van der Waals surface area contributed by atoms with Gasteiger partial charge in [-0.2, -0.15) is 0 Å². The summed E-state index contributed by atoms with van der Waals surface area (Å²) < 4.78 is 0. The van der Waals surface area contributed by atoms with Crippen molar-refractivity contribution in [1.29, 1.82) is 0 Å². The first-order valence-electron chi connectivity index (χ1n) is 3.17. The molecule has 0 rings (SSSR count). The van der Waals surface area contributed by atoms with Crippen LogP contribution in [-0.2, 0) is 14.4 Å². The average Bonchev–Trinajstić information content (AvgIpc) is 1.83. The number of hydrogen-bond acceptors (Lipinski definition) is 4. The number of carboxylic acid groups (broad SMARTS) is 3. The third-order valence-electron chi connectivity index (χ3n) is 0.605. The summed E-state index contributed by atoms with van der Waals surface area (Å²) in [6.07, 6.45) is 1.58. The van der Waals surface area contributed by atoms with E-state index < -0.39 is 24.3 Å². The molecule has 0 aliphatic heterocycles. The molecule has 7 heteroatoms. The van der Waals surface area contributed by atoms with Crippen LogP contribution >= 0.6 is 0 Å². The van der Waals surface area contributed by atoms with Gasteiger partial charge in [-0.15, -0.1) is 0 Å². The van der Waals surface area contributed by atoms with Crippen LogP contribution in [0, 0.1) is 0 Å². The minimum atomic E-state index is -1.31. The summed E-state index contributed by atoms with van der Waals surface area (Å²) in [7, 11) is 0. The van der Waals surface area contributed by atoms with E-state index in [0.717, 1.165) is 6.08 Å². The number of carboxylic acids is 3. The maximum absolute atomic E-state index is 9.43. The van der Waals surface area contributed by atoms with E-state index in [-0.39, 0.29) is 29.6 Å². The molecule has 0 aromatic heterocycles. The fraction of sp³-hybridized carbons (Fsp3) is 0.286. The van der Waals surface area contributed by atoms with Crippen LogP contribution in [0.4, 0.5) is 0 Å². The molecule has 0 aliphatic rings. The van der Waals surface area contributed by atoms with Crippen molar-refractivity contribution in [3.05, 3.63) is 12.2 Å². The SMILES string of the molecule is CC=CC(=O)[O-].O=C(O)CC(=O)O.[Na+]. The third-order valence-corrected chi connectivity index (χ3v) is 0.605. The summed E-state index contributed by atoms with van der Waals surface area (Å²) in [5, 5.41) is 24.8. The Morgan fingerprint density at radius 1 is 1.21 bits per heavy atom. The van der Waals surface area contributed by atoms with E-state index in [0.29, 0.717) is 0 Å². The standard InChI is InChI=1S/C4H6O2.C3H4O4.Na/c1-2-3-4(5)6;4-2(5)1-3(6)7;/h2-3H,1H3,(H,5,6);1H2,(H,4,5)(H,6,7);/q;;+1/p-1. The van der Waals surface area contributed by atoms with Crippen molar-refractivity contribution in [2.75, 3.05) is 0 Å². The van der Waals surface area contributed by atoms with E-state index in [9.17, 15) is 19.5 Å². The van der Waals surface area contributed by atoms with E-state index in [1.54, 1.807) is 6.92 Å². The van der Waals surface area contributed by atoms with Crippen molar-refractivity contribution < 1.29 is 59.3 Å². The molecule has 0 heterocycles. The van der Waals surface area contributed by atoms with E-state index in [1.165, 1.54) is 6.08 Å². The largest absolute Gasteiger partial charge is 1.00 e. The molecule has 0 fully saturated rings. The van der Waals surface area contributed by atoms with Gasteiger partial charge in [-0.3, -0.25) is 9.59 Å². The number of aliphatic carboxylic acids is 3. The summed E-state index contributed by atoms with van der Waals surface area (Å²) in [5.74, 6) is -3.77. The Hall–Kier alpha value is -0.850. The van der Waals surface area contributed by atoms with Crippen molar-refractivity contribution in [3.63, 3.8) is 0 Å².